The molecule has 1 aliphatic rings. The van der Waals surface area contributed by atoms with Crippen molar-refractivity contribution in [3.63, 3.8) is 0 Å². The van der Waals surface area contributed by atoms with Crippen molar-refractivity contribution in [2.75, 3.05) is 18.4 Å². The fourth-order valence-corrected chi connectivity index (χ4v) is 3.86. The molecule has 2 rings (SSSR count). The van der Waals surface area contributed by atoms with Crippen LogP contribution in [0.15, 0.2) is 29.3 Å². The Morgan fingerprint density at radius 1 is 1.35 bits per heavy atom. The number of carbonyl (C=O) groups is 2. The first-order chi connectivity index (χ1) is 12.5. The zero-order valence-electron chi connectivity index (χ0n) is 15.3. The van der Waals surface area contributed by atoms with Gasteiger partial charge in [0.2, 0.25) is 11.8 Å². The number of benzene rings is 1. The first-order valence-electron chi connectivity index (χ1n) is 9.13. The molecular formula is C19H26ClN3O2S. The van der Waals surface area contributed by atoms with E-state index in [-0.39, 0.29) is 18.2 Å². The molecule has 0 radical (unpaired) electrons. The summed E-state index contributed by atoms with van der Waals surface area (Å²) in [5.41, 5.74) is 0.633. The molecule has 142 valence electrons. The molecule has 2 amide bonds. The summed E-state index contributed by atoms with van der Waals surface area (Å²) in [4.78, 5) is 31.6. The van der Waals surface area contributed by atoms with E-state index in [9.17, 15) is 9.59 Å². The standard InChI is InChI=1S/C19H26ClN3O2S/c1-3-5-10-21-19-23(11-6-4-2)17(24)13-16(26-19)18(25)22-15-9-7-8-14(20)12-15/h7-9,12,16H,3-6,10-11,13H2,1-2H3,(H,22,25)/t16-/m1/s1. The van der Waals surface area contributed by atoms with Crippen LogP contribution in [0.4, 0.5) is 5.69 Å². The summed E-state index contributed by atoms with van der Waals surface area (Å²) in [7, 11) is 0. The number of hydrogen-bond acceptors (Lipinski definition) is 4. The number of anilines is 1. The fraction of sp³-hybridized carbons (Fsp3) is 0.526. The number of nitrogens with zero attached hydrogens (tertiary/aromatic N) is 2. The molecule has 1 fully saturated rings. The van der Waals surface area contributed by atoms with Gasteiger partial charge in [-0.3, -0.25) is 19.5 Å². The highest BCUT2D eigenvalue weighted by Gasteiger charge is 2.35. The lowest BCUT2D eigenvalue weighted by atomic mass is 10.2. The van der Waals surface area contributed by atoms with E-state index in [1.54, 1.807) is 29.2 Å². The Morgan fingerprint density at radius 3 is 2.81 bits per heavy atom. The van der Waals surface area contributed by atoms with Crippen LogP contribution in [0.3, 0.4) is 0 Å². The summed E-state index contributed by atoms with van der Waals surface area (Å²) < 4.78 is 0. The number of nitrogens with one attached hydrogen (secondary N) is 1. The second-order valence-electron chi connectivity index (χ2n) is 6.23. The first-order valence-corrected chi connectivity index (χ1v) is 10.4. The lowest BCUT2D eigenvalue weighted by Gasteiger charge is -2.31. The molecule has 1 saturated heterocycles. The largest absolute Gasteiger partial charge is 0.325 e. The number of aliphatic imine (C=N–C) groups is 1. The van der Waals surface area contributed by atoms with Crippen molar-refractivity contribution in [1.29, 1.82) is 0 Å². The Balaban J connectivity index is 2.09. The van der Waals surface area contributed by atoms with Gasteiger partial charge < -0.3 is 5.32 Å². The van der Waals surface area contributed by atoms with Gasteiger partial charge in [-0.05, 0) is 31.0 Å². The summed E-state index contributed by atoms with van der Waals surface area (Å²) in [6.07, 6.45) is 4.14. The van der Waals surface area contributed by atoms with E-state index in [1.807, 2.05) is 0 Å². The van der Waals surface area contributed by atoms with E-state index in [0.717, 1.165) is 25.7 Å². The van der Waals surface area contributed by atoms with E-state index in [2.05, 4.69) is 24.2 Å². The average Bonchev–Trinajstić information content (AvgIpc) is 2.61. The summed E-state index contributed by atoms with van der Waals surface area (Å²) in [5, 5.41) is 3.61. The normalized spacial score (nSPS) is 19.0. The van der Waals surface area contributed by atoms with Crippen LogP contribution in [0.2, 0.25) is 5.02 Å². The molecule has 1 aromatic rings. The summed E-state index contributed by atoms with van der Waals surface area (Å²) in [6, 6.07) is 7.00. The van der Waals surface area contributed by atoms with Crippen molar-refractivity contribution in [1.82, 2.24) is 4.90 Å². The van der Waals surface area contributed by atoms with Crippen LogP contribution < -0.4 is 5.32 Å². The third-order valence-electron chi connectivity index (χ3n) is 4.02. The zero-order chi connectivity index (χ0) is 18.9. The minimum atomic E-state index is -0.472. The Kier molecular flexibility index (Phi) is 8.45. The molecule has 0 spiro atoms. The molecule has 5 nitrogen and oxygen atoms in total. The Labute approximate surface area is 164 Å². The number of amidine groups is 1. The smallest absolute Gasteiger partial charge is 0.238 e. The molecule has 0 aromatic heterocycles. The summed E-state index contributed by atoms with van der Waals surface area (Å²) in [6.45, 7) is 5.54. The Hall–Kier alpha value is -1.53. The van der Waals surface area contributed by atoms with E-state index in [1.165, 1.54) is 11.8 Å². The van der Waals surface area contributed by atoms with Gasteiger partial charge in [-0.1, -0.05) is 56.1 Å². The molecule has 0 unspecified atom stereocenters. The number of thioether (sulfide) groups is 1. The number of unbranched alkanes of at least 4 members (excludes halogenated alkanes) is 2. The van der Waals surface area contributed by atoms with Gasteiger partial charge in [-0.25, -0.2) is 0 Å². The minimum Gasteiger partial charge on any atom is -0.325 e. The van der Waals surface area contributed by atoms with E-state index < -0.39 is 5.25 Å². The number of hydrogen-bond donors (Lipinski definition) is 1. The van der Waals surface area contributed by atoms with Crippen molar-refractivity contribution >= 4 is 46.0 Å². The highest BCUT2D eigenvalue weighted by atomic mass is 35.5. The Morgan fingerprint density at radius 2 is 2.12 bits per heavy atom. The van der Waals surface area contributed by atoms with Gasteiger partial charge in [0.05, 0.1) is 0 Å². The van der Waals surface area contributed by atoms with Crippen LogP contribution in [-0.4, -0.2) is 40.2 Å². The van der Waals surface area contributed by atoms with Crippen molar-refractivity contribution in [3.8, 4) is 0 Å². The lowest BCUT2D eigenvalue weighted by molar-refractivity contribution is -0.129. The van der Waals surface area contributed by atoms with Crippen LogP contribution >= 0.6 is 23.4 Å². The highest BCUT2D eigenvalue weighted by Crippen LogP contribution is 2.28. The number of halogens is 1. The summed E-state index contributed by atoms with van der Waals surface area (Å²) in [5.74, 6) is -0.220. The molecule has 26 heavy (non-hydrogen) atoms. The molecule has 1 atom stereocenters. The number of amides is 2. The number of rotatable bonds is 8. The predicted molar refractivity (Wildman–Crippen MR) is 110 cm³/mol. The zero-order valence-corrected chi connectivity index (χ0v) is 16.9. The highest BCUT2D eigenvalue weighted by molar-refractivity contribution is 8.15. The molecule has 0 saturated carbocycles. The van der Waals surface area contributed by atoms with Crippen LogP contribution in [-0.2, 0) is 9.59 Å². The fourth-order valence-electron chi connectivity index (χ4n) is 2.54. The monoisotopic (exact) mass is 395 g/mol. The summed E-state index contributed by atoms with van der Waals surface area (Å²) >= 11 is 7.35. The lowest BCUT2D eigenvalue weighted by Crippen LogP contribution is -2.45. The van der Waals surface area contributed by atoms with Gasteiger partial charge in [0, 0.05) is 30.2 Å². The minimum absolute atomic E-state index is 0.0290. The third-order valence-corrected chi connectivity index (χ3v) is 5.48. The maximum absolute atomic E-state index is 12.6. The van der Waals surface area contributed by atoms with Crippen molar-refractivity contribution in [2.45, 2.75) is 51.2 Å². The SMILES string of the molecule is CCCCN=C1S[C@@H](C(=O)Nc2cccc(Cl)c2)CC(=O)N1CCCC. The third kappa shape index (κ3) is 6.02. The van der Waals surface area contributed by atoms with Gasteiger partial charge in [-0.2, -0.15) is 0 Å². The van der Waals surface area contributed by atoms with E-state index >= 15 is 0 Å². The van der Waals surface area contributed by atoms with E-state index in [4.69, 9.17) is 11.6 Å². The van der Waals surface area contributed by atoms with Gasteiger partial charge >= 0.3 is 0 Å². The van der Waals surface area contributed by atoms with Crippen LogP contribution in [0.25, 0.3) is 0 Å². The van der Waals surface area contributed by atoms with E-state index in [0.29, 0.717) is 29.0 Å². The predicted octanol–water partition coefficient (Wildman–Crippen LogP) is 4.57. The van der Waals surface area contributed by atoms with Gasteiger partial charge in [-0.15, -0.1) is 0 Å². The molecule has 1 aromatic carbocycles. The van der Waals surface area contributed by atoms with Crippen molar-refractivity contribution < 1.29 is 9.59 Å². The molecular weight excluding hydrogens is 370 g/mol. The second kappa shape index (κ2) is 10.6. The molecule has 0 aliphatic carbocycles. The quantitative estimate of drug-likeness (QED) is 0.656. The Bertz CT molecular complexity index is 666. The maximum atomic E-state index is 12.6. The molecule has 7 heteroatoms. The molecule has 1 aliphatic heterocycles. The van der Waals surface area contributed by atoms with Crippen molar-refractivity contribution in [3.05, 3.63) is 29.3 Å². The van der Waals surface area contributed by atoms with Crippen LogP contribution in [0, 0.1) is 0 Å². The number of carbonyl (C=O) groups excluding carboxylic acids is 2. The van der Waals surface area contributed by atoms with Gasteiger partial charge in [0.15, 0.2) is 5.17 Å². The second-order valence-corrected chi connectivity index (χ2v) is 7.83. The van der Waals surface area contributed by atoms with Crippen LogP contribution in [0.1, 0.15) is 46.0 Å². The van der Waals surface area contributed by atoms with Gasteiger partial charge in [0.1, 0.15) is 5.25 Å². The average molecular weight is 396 g/mol. The van der Waals surface area contributed by atoms with Crippen LogP contribution in [0.5, 0.6) is 0 Å². The maximum Gasteiger partial charge on any atom is 0.238 e. The van der Waals surface area contributed by atoms with Gasteiger partial charge in [0.25, 0.3) is 0 Å². The first kappa shape index (κ1) is 20.8. The van der Waals surface area contributed by atoms with Crippen molar-refractivity contribution in [2.24, 2.45) is 4.99 Å². The molecule has 1 heterocycles. The molecule has 0 bridgehead atoms. The topological polar surface area (TPSA) is 61.8 Å². The molecule has 1 N–H and O–H groups in total.